The molecule has 2 rings (SSSR count). The Hall–Kier alpha value is -2.17. The molecule has 1 unspecified atom stereocenters. The van der Waals surface area contributed by atoms with Crippen LogP contribution in [0.3, 0.4) is 0 Å². The lowest BCUT2D eigenvalue weighted by Gasteiger charge is -2.08. The summed E-state index contributed by atoms with van der Waals surface area (Å²) in [5, 5.41) is 0. The van der Waals surface area contributed by atoms with E-state index in [1.54, 1.807) is 12.1 Å². The molecule has 1 aromatic carbocycles. The van der Waals surface area contributed by atoms with Gasteiger partial charge in [0.1, 0.15) is 5.75 Å². The van der Waals surface area contributed by atoms with Crippen LogP contribution in [0, 0.1) is 0 Å². The lowest BCUT2D eigenvalue weighted by Crippen LogP contribution is -2.25. The highest BCUT2D eigenvalue weighted by molar-refractivity contribution is 6.30. The maximum absolute atomic E-state index is 12.1. The molecule has 0 radical (unpaired) electrons. The fourth-order valence-electron chi connectivity index (χ4n) is 2.01. The van der Waals surface area contributed by atoms with Crippen LogP contribution in [0.15, 0.2) is 18.2 Å². The van der Waals surface area contributed by atoms with Gasteiger partial charge >= 0.3 is 0 Å². The van der Waals surface area contributed by atoms with Gasteiger partial charge in [-0.05, 0) is 12.5 Å². The third-order valence-corrected chi connectivity index (χ3v) is 2.96. The molecular formula is C14H14O5. The van der Waals surface area contributed by atoms with Gasteiger partial charge in [0.15, 0.2) is 0 Å². The van der Waals surface area contributed by atoms with Crippen LogP contribution in [0.4, 0.5) is 0 Å². The van der Waals surface area contributed by atoms with Crippen molar-refractivity contribution in [1.82, 2.24) is 0 Å². The Morgan fingerprint density at radius 3 is 2.74 bits per heavy atom. The van der Waals surface area contributed by atoms with Gasteiger partial charge in [-0.2, -0.15) is 0 Å². The molecule has 0 aromatic heterocycles. The van der Waals surface area contributed by atoms with Crippen molar-refractivity contribution < 1.29 is 23.9 Å². The average molecular weight is 262 g/mol. The number of unbranched alkanes of at least 4 members (excludes halogenated alkanes) is 1. The zero-order valence-electron chi connectivity index (χ0n) is 10.5. The lowest BCUT2D eigenvalue weighted by molar-refractivity contribution is -0.130. The molecule has 0 spiro atoms. The predicted molar refractivity (Wildman–Crippen MR) is 66.4 cm³/mol. The monoisotopic (exact) mass is 262 g/mol. The van der Waals surface area contributed by atoms with Crippen molar-refractivity contribution in [3.05, 3.63) is 29.3 Å². The molecule has 5 nitrogen and oxygen atoms in total. The van der Waals surface area contributed by atoms with E-state index in [-0.39, 0.29) is 17.6 Å². The molecule has 19 heavy (non-hydrogen) atoms. The van der Waals surface area contributed by atoms with Crippen molar-refractivity contribution >= 4 is 18.0 Å². The van der Waals surface area contributed by atoms with E-state index in [4.69, 9.17) is 4.74 Å². The number of rotatable bonds is 6. The van der Waals surface area contributed by atoms with E-state index in [0.29, 0.717) is 12.4 Å². The van der Waals surface area contributed by atoms with Crippen LogP contribution in [0.2, 0.25) is 0 Å². The number of carbonyl (C=O) groups is 3. The molecule has 0 N–H and O–H groups in total. The van der Waals surface area contributed by atoms with Crippen molar-refractivity contribution in [2.24, 2.45) is 0 Å². The molecule has 1 aliphatic carbocycles. The van der Waals surface area contributed by atoms with Gasteiger partial charge in [0.2, 0.25) is 17.7 Å². The van der Waals surface area contributed by atoms with Crippen LogP contribution in [0.25, 0.3) is 0 Å². The van der Waals surface area contributed by atoms with Crippen molar-refractivity contribution in [2.45, 2.75) is 25.9 Å². The molecule has 0 fully saturated rings. The zero-order chi connectivity index (χ0) is 13.8. The zero-order valence-corrected chi connectivity index (χ0v) is 10.5. The van der Waals surface area contributed by atoms with Crippen LogP contribution < -0.4 is 4.74 Å². The largest absolute Gasteiger partial charge is 0.493 e. The molecule has 0 saturated heterocycles. The second-order valence-electron chi connectivity index (χ2n) is 4.22. The Morgan fingerprint density at radius 1 is 1.26 bits per heavy atom. The number of ketones is 2. The van der Waals surface area contributed by atoms with Crippen LogP contribution in [0.5, 0.6) is 5.75 Å². The van der Waals surface area contributed by atoms with Gasteiger partial charge in [-0.25, -0.2) is 0 Å². The minimum absolute atomic E-state index is 0.115. The smallest absolute Gasteiger partial charge is 0.294 e. The quantitative estimate of drug-likeness (QED) is 0.444. The predicted octanol–water partition coefficient (Wildman–Crippen LogP) is 1.79. The summed E-state index contributed by atoms with van der Waals surface area (Å²) in [4.78, 5) is 34.3. The van der Waals surface area contributed by atoms with Crippen LogP contribution >= 0.6 is 0 Å². The summed E-state index contributed by atoms with van der Waals surface area (Å²) in [6, 6.07) is 4.83. The molecule has 0 saturated carbocycles. The van der Waals surface area contributed by atoms with Crippen molar-refractivity contribution in [3.63, 3.8) is 0 Å². The number of hydrogen-bond donors (Lipinski definition) is 0. The highest BCUT2D eigenvalue weighted by atomic mass is 16.5. The molecule has 1 atom stereocenters. The third-order valence-electron chi connectivity index (χ3n) is 2.96. The van der Waals surface area contributed by atoms with E-state index < -0.39 is 17.7 Å². The number of fused-ring (bicyclic) bond motifs is 1. The Bertz CT molecular complexity index is 521. The molecule has 1 aliphatic rings. The Kier molecular flexibility index (Phi) is 3.94. The summed E-state index contributed by atoms with van der Waals surface area (Å²) in [7, 11) is 0. The third kappa shape index (κ3) is 2.36. The minimum Gasteiger partial charge on any atom is -0.493 e. The van der Waals surface area contributed by atoms with E-state index in [0.717, 1.165) is 12.8 Å². The van der Waals surface area contributed by atoms with Gasteiger partial charge in [0.05, 0.1) is 12.2 Å². The molecule has 0 bridgehead atoms. The number of Topliss-reactive ketones (excluding diaryl/α,β-unsaturated/α-hetero) is 2. The number of carbonyl (C=O) groups excluding carboxylic acids is 3. The molecule has 1 aromatic rings. The highest BCUT2D eigenvalue weighted by Crippen LogP contribution is 2.32. The molecule has 100 valence electrons. The summed E-state index contributed by atoms with van der Waals surface area (Å²) in [6.45, 7) is 2.62. The SMILES string of the molecule is CCCCOc1cccc2c1C(=O)C(OC=O)C2=O. The topological polar surface area (TPSA) is 69.7 Å². The molecular weight excluding hydrogens is 248 g/mol. The van der Waals surface area contributed by atoms with Gasteiger partial charge in [0.25, 0.3) is 6.47 Å². The first-order chi connectivity index (χ1) is 9.20. The Morgan fingerprint density at radius 2 is 2.05 bits per heavy atom. The van der Waals surface area contributed by atoms with Gasteiger partial charge in [-0.3, -0.25) is 14.4 Å². The summed E-state index contributed by atoms with van der Waals surface area (Å²) < 4.78 is 10.1. The molecule has 0 aliphatic heterocycles. The number of hydrogen-bond acceptors (Lipinski definition) is 5. The van der Waals surface area contributed by atoms with Crippen LogP contribution in [-0.2, 0) is 9.53 Å². The normalized spacial score (nSPS) is 17.2. The van der Waals surface area contributed by atoms with E-state index in [1.165, 1.54) is 6.07 Å². The second kappa shape index (κ2) is 5.65. The van der Waals surface area contributed by atoms with E-state index >= 15 is 0 Å². The fourth-order valence-corrected chi connectivity index (χ4v) is 2.01. The van der Waals surface area contributed by atoms with Crippen LogP contribution in [0.1, 0.15) is 40.5 Å². The van der Waals surface area contributed by atoms with Crippen LogP contribution in [-0.4, -0.2) is 30.7 Å². The maximum atomic E-state index is 12.1. The van der Waals surface area contributed by atoms with Gasteiger partial charge in [-0.15, -0.1) is 0 Å². The average Bonchev–Trinajstić information content (AvgIpc) is 2.66. The Labute approximate surface area is 110 Å². The van der Waals surface area contributed by atoms with Crippen molar-refractivity contribution in [1.29, 1.82) is 0 Å². The standard InChI is InChI=1S/C14H14O5/c1-2-3-7-18-10-6-4-5-9-11(10)13(17)14(12(9)16)19-8-15/h4-6,8,14H,2-3,7H2,1H3. The second-order valence-corrected chi connectivity index (χ2v) is 4.22. The first-order valence-electron chi connectivity index (χ1n) is 6.14. The number of ether oxygens (including phenoxy) is 2. The highest BCUT2D eigenvalue weighted by Gasteiger charge is 2.42. The summed E-state index contributed by atoms with van der Waals surface area (Å²) >= 11 is 0. The van der Waals surface area contributed by atoms with Gasteiger partial charge in [-0.1, -0.05) is 25.5 Å². The summed E-state index contributed by atoms with van der Waals surface area (Å²) in [5.74, 6) is -0.631. The van der Waals surface area contributed by atoms with E-state index in [9.17, 15) is 14.4 Å². The van der Waals surface area contributed by atoms with Gasteiger partial charge in [0, 0.05) is 5.56 Å². The fraction of sp³-hybridized carbons (Fsp3) is 0.357. The first kappa shape index (κ1) is 13.3. The maximum Gasteiger partial charge on any atom is 0.294 e. The molecule has 0 heterocycles. The van der Waals surface area contributed by atoms with Gasteiger partial charge < -0.3 is 9.47 Å². The molecule has 0 amide bonds. The summed E-state index contributed by atoms with van der Waals surface area (Å²) in [6.07, 6.45) is 0.474. The molecule has 5 heteroatoms. The minimum atomic E-state index is -1.36. The van der Waals surface area contributed by atoms with Crippen molar-refractivity contribution in [2.75, 3.05) is 6.61 Å². The van der Waals surface area contributed by atoms with Crippen molar-refractivity contribution in [3.8, 4) is 5.75 Å². The van der Waals surface area contributed by atoms with E-state index in [1.807, 2.05) is 6.92 Å². The summed E-state index contributed by atoms with van der Waals surface area (Å²) in [5.41, 5.74) is 0.473. The van der Waals surface area contributed by atoms with E-state index in [2.05, 4.69) is 4.74 Å². The first-order valence-corrected chi connectivity index (χ1v) is 6.14. The lowest BCUT2D eigenvalue weighted by atomic mass is 10.1. The Balaban J connectivity index is 2.31. The number of benzene rings is 1.